The molecule has 0 heterocycles. The molecule has 0 bridgehead atoms. The summed E-state index contributed by atoms with van der Waals surface area (Å²) in [4.78, 5) is 11.2. The Hall–Kier alpha value is -1.64. The largest absolute Gasteiger partial charge is 0.378 e. The Morgan fingerprint density at radius 3 is 2.64 bits per heavy atom. The molecular weight excluding hydrogens is 306 g/mol. The van der Waals surface area contributed by atoms with Gasteiger partial charge in [-0.05, 0) is 32.0 Å². The number of sulfonamides is 1. The fourth-order valence-corrected chi connectivity index (χ4v) is 2.55. The maximum Gasteiger partial charge on any atom is 0.283 e. The van der Waals surface area contributed by atoms with E-state index >= 15 is 0 Å². The quantitative estimate of drug-likeness (QED) is 0.339. The monoisotopic (exact) mass is 329 g/mol. The van der Waals surface area contributed by atoms with E-state index in [0.29, 0.717) is 12.3 Å². The van der Waals surface area contributed by atoms with Crippen molar-refractivity contribution < 1.29 is 18.2 Å². The van der Waals surface area contributed by atoms with E-state index in [4.69, 9.17) is 4.89 Å². The summed E-state index contributed by atoms with van der Waals surface area (Å²) in [6, 6.07) is 6.49. The minimum atomic E-state index is -3.72. The molecule has 0 aliphatic rings. The van der Waals surface area contributed by atoms with E-state index in [1.807, 2.05) is 13.8 Å². The van der Waals surface area contributed by atoms with Crippen molar-refractivity contribution in [3.63, 3.8) is 0 Å². The van der Waals surface area contributed by atoms with Crippen molar-refractivity contribution in [1.29, 1.82) is 0 Å². The van der Waals surface area contributed by atoms with Gasteiger partial charge in [0.15, 0.2) is 0 Å². The van der Waals surface area contributed by atoms with Crippen molar-refractivity contribution in [3.8, 4) is 0 Å². The number of nitrogens with one attached hydrogen (secondary N) is 1. The first kappa shape index (κ1) is 18.4. The van der Waals surface area contributed by atoms with Crippen molar-refractivity contribution in [3.05, 3.63) is 24.3 Å². The summed E-state index contributed by atoms with van der Waals surface area (Å²) < 4.78 is 27.9. The van der Waals surface area contributed by atoms with Crippen LogP contribution in [0.15, 0.2) is 33.6 Å². The number of rotatable bonds is 8. The molecule has 0 amide bonds. The highest BCUT2D eigenvalue weighted by Gasteiger charge is 2.19. The van der Waals surface area contributed by atoms with Crippen molar-refractivity contribution in [2.45, 2.75) is 24.3 Å². The summed E-state index contributed by atoms with van der Waals surface area (Å²) >= 11 is 0. The predicted octanol–water partition coefficient (Wildman–Crippen LogP) is 1.73. The number of hydrogen-bond donors (Lipinski definition) is 1. The molecule has 0 aliphatic heterocycles. The van der Waals surface area contributed by atoms with Crippen LogP contribution in [0.3, 0.4) is 0 Å². The van der Waals surface area contributed by atoms with Gasteiger partial charge in [0.25, 0.3) is 10.0 Å². The molecule has 124 valence electrons. The lowest BCUT2D eigenvalue weighted by Crippen LogP contribution is -2.36. The van der Waals surface area contributed by atoms with E-state index in [0.717, 1.165) is 0 Å². The van der Waals surface area contributed by atoms with Gasteiger partial charge in [0.2, 0.25) is 0 Å². The first-order valence-corrected chi connectivity index (χ1v) is 8.11. The predicted molar refractivity (Wildman–Crippen MR) is 86.5 cm³/mol. The van der Waals surface area contributed by atoms with Crippen molar-refractivity contribution in [2.75, 3.05) is 33.1 Å². The minimum absolute atomic E-state index is 0.124. The number of anilines is 1. The van der Waals surface area contributed by atoms with Gasteiger partial charge >= 0.3 is 0 Å². The zero-order chi connectivity index (χ0) is 16.8. The smallest absolute Gasteiger partial charge is 0.283 e. The average molecular weight is 329 g/mol. The summed E-state index contributed by atoms with van der Waals surface area (Å²) in [7, 11) is 1.13. The summed E-state index contributed by atoms with van der Waals surface area (Å²) in [5.41, 5.74) is 0.233. The van der Waals surface area contributed by atoms with E-state index in [2.05, 4.69) is 14.6 Å². The Balaban J connectivity index is 2.95. The van der Waals surface area contributed by atoms with Gasteiger partial charge in [0.1, 0.15) is 12.9 Å². The van der Waals surface area contributed by atoms with Crippen LogP contribution in [0.5, 0.6) is 0 Å². The van der Waals surface area contributed by atoms with Crippen molar-refractivity contribution in [1.82, 2.24) is 4.90 Å². The van der Waals surface area contributed by atoms with E-state index in [-0.39, 0.29) is 4.90 Å². The number of hydrogen-bond acceptors (Lipinski definition) is 5. The maximum atomic E-state index is 12.1. The van der Waals surface area contributed by atoms with Crippen LogP contribution in [-0.4, -0.2) is 53.0 Å². The lowest BCUT2D eigenvalue weighted by Gasteiger charge is -2.26. The summed E-state index contributed by atoms with van der Waals surface area (Å²) in [6.07, 6.45) is 1.26. The molecule has 0 aromatic heterocycles. The van der Waals surface area contributed by atoms with E-state index in [1.54, 1.807) is 31.1 Å². The molecule has 0 fully saturated rings. The Bertz CT molecular complexity index is 612. The van der Waals surface area contributed by atoms with E-state index in [1.165, 1.54) is 25.6 Å². The molecule has 1 aromatic carbocycles. The average Bonchev–Trinajstić information content (AvgIpc) is 2.43. The second-order valence-electron chi connectivity index (χ2n) is 5.63. The van der Waals surface area contributed by atoms with Gasteiger partial charge in [0, 0.05) is 19.8 Å². The minimum Gasteiger partial charge on any atom is -0.378 e. The highest BCUT2D eigenvalue weighted by Crippen LogP contribution is 2.21. The molecule has 0 aliphatic carbocycles. The fraction of sp³-hybridized carbons (Fsp3) is 0.500. The molecule has 0 radical (unpaired) electrons. The third kappa shape index (κ3) is 6.00. The fourth-order valence-electron chi connectivity index (χ4n) is 1.58. The maximum absolute atomic E-state index is 12.1. The van der Waals surface area contributed by atoms with Gasteiger partial charge in [-0.25, -0.2) is 9.78 Å². The Morgan fingerprint density at radius 2 is 2.05 bits per heavy atom. The Labute approximate surface area is 131 Å². The van der Waals surface area contributed by atoms with Gasteiger partial charge in [-0.3, -0.25) is 0 Å². The van der Waals surface area contributed by atoms with Crippen LogP contribution in [0.2, 0.25) is 0 Å². The van der Waals surface area contributed by atoms with Gasteiger partial charge < -0.3 is 10.2 Å². The van der Waals surface area contributed by atoms with E-state index < -0.39 is 15.6 Å². The van der Waals surface area contributed by atoms with E-state index in [9.17, 15) is 8.42 Å². The third-order valence-corrected chi connectivity index (χ3v) is 3.79. The lowest BCUT2D eigenvalue weighted by atomic mass is 10.1. The van der Waals surface area contributed by atoms with Gasteiger partial charge in [0.05, 0.1) is 17.5 Å². The molecule has 8 heteroatoms. The van der Waals surface area contributed by atoms with Crippen molar-refractivity contribution in [2.24, 2.45) is 4.40 Å². The molecule has 0 saturated heterocycles. The molecule has 1 rings (SSSR count). The normalized spacial score (nSPS) is 12.6. The van der Waals surface area contributed by atoms with Crippen molar-refractivity contribution >= 4 is 22.0 Å². The standard InChI is InChI=1S/C14H23N3O4S/c1-14(2,10-21-20-5)16-12-7-6-8-13(9-12)22(18,19)15-11-17(3)4/h6-9,11,16H,10H2,1-5H3/b15-11+. The number of benzene rings is 1. The molecule has 0 spiro atoms. The zero-order valence-electron chi connectivity index (χ0n) is 13.5. The van der Waals surface area contributed by atoms with Crippen LogP contribution in [-0.2, 0) is 19.8 Å². The SMILES string of the molecule is COOCC(C)(C)Nc1cccc(S(=O)(=O)/N=C/N(C)C)c1. The molecule has 1 aromatic rings. The van der Waals surface area contributed by atoms with Crippen LogP contribution < -0.4 is 5.32 Å². The highest BCUT2D eigenvalue weighted by atomic mass is 32.2. The van der Waals surface area contributed by atoms with Crippen LogP contribution in [0.4, 0.5) is 5.69 Å². The Kier molecular flexibility index (Phi) is 6.34. The summed E-state index contributed by atoms with van der Waals surface area (Å²) in [6.45, 7) is 4.13. The molecular formula is C14H23N3O4S. The van der Waals surface area contributed by atoms with Gasteiger partial charge in [-0.1, -0.05) is 6.07 Å². The van der Waals surface area contributed by atoms with Crippen LogP contribution in [0, 0.1) is 0 Å². The zero-order valence-corrected chi connectivity index (χ0v) is 14.3. The molecule has 0 saturated carbocycles. The lowest BCUT2D eigenvalue weighted by molar-refractivity contribution is -0.278. The van der Waals surface area contributed by atoms with Crippen LogP contribution in [0.1, 0.15) is 13.8 Å². The van der Waals surface area contributed by atoms with Crippen LogP contribution in [0.25, 0.3) is 0 Å². The van der Waals surface area contributed by atoms with Gasteiger partial charge in [-0.15, -0.1) is 4.40 Å². The number of nitrogens with zero attached hydrogens (tertiary/aromatic N) is 2. The Morgan fingerprint density at radius 1 is 1.36 bits per heavy atom. The molecule has 0 unspecified atom stereocenters. The first-order chi connectivity index (χ1) is 10.2. The topological polar surface area (TPSA) is 80.2 Å². The summed E-state index contributed by atoms with van der Waals surface area (Å²) in [5.74, 6) is 0. The van der Waals surface area contributed by atoms with Gasteiger partial charge in [-0.2, -0.15) is 8.42 Å². The summed E-state index contributed by atoms with van der Waals surface area (Å²) in [5, 5.41) is 3.20. The molecule has 7 nitrogen and oxygen atoms in total. The molecule has 0 atom stereocenters. The second-order valence-corrected chi connectivity index (χ2v) is 7.26. The second kappa shape index (κ2) is 7.57. The molecule has 1 N–H and O–H groups in total. The van der Waals surface area contributed by atoms with Crippen LogP contribution >= 0.6 is 0 Å². The first-order valence-electron chi connectivity index (χ1n) is 6.67. The third-order valence-electron chi connectivity index (χ3n) is 2.57. The highest BCUT2D eigenvalue weighted by molar-refractivity contribution is 7.90. The molecule has 22 heavy (non-hydrogen) atoms.